The van der Waals surface area contributed by atoms with E-state index in [1.807, 2.05) is 0 Å². The van der Waals surface area contributed by atoms with Crippen LogP contribution in [0.4, 0.5) is 11.4 Å². The Kier molecular flexibility index (Phi) is 6.10. The van der Waals surface area contributed by atoms with Crippen molar-refractivity contribution in [3.8, 4) is 12.3 Å². The topological polar surface area (TPSA) is 107 Å². The quantitative estimate of drug-likeness (QED) is 0.283. The molecule has 20 heavy (non-hydrogen) atoms. The smallest absolute Gasteiger partial charge is 0.254 e. The van der Waals surface area contributed by atoms with Crippen molar-refractivity contribution in [2.75, 3.05) is 17.2 Å². The average Bonchev–Trinajstić information content (AvgIpc) is 2.46. The van der Waals surface area contributed by atoms with Crippen LogP contribution < -0.4 is 10.6 Å². The van der Waals surface area contributed by atoms with Crippen LogP contribution in [-0.4, -0.2) is 23.7 Å². The maximum Gasteiger partial charge on any atom is 0.254 e. The fraction of sp³-hybridized carbons (Fsp3) is 0.167. The zero-order chi connectivity index (χ0) is 15.0. The van der Waals surface area contributed by atoms with Gasteiger partial charge in [0.05, 0.1) is 23.1 Å². The first-order valence-corrected chi connectivity index (χ1v) is 6.51. The van der Waals surface area contributed by atoms with Gasteiger partial charge in [-0.2, -0.15) is 0 Å². The predicted octanol–water partition coefficient (Wildman–Crippen LogP) is 2.32. The second-order valence-electron chi connectivity index (χ2n) is 3.49. The normalized spacial score (nSPS) is 9.00. The van der Waals surface area contributed by atoms with E-state index >= 15 is 0 Å². The lowest BCUT2D eigenvalue weighted by molar-refractivity contribution is -0.113. The number of hydrogen-bond acceptors (Lipinski definition) is 3. The third-order valence-electron chi connectivity index (χ3n) is 2.15. The molecule has 0 bridgehead atoms. The van der Waals surface area contributed by atoms with Gasteiger partial charge in [-0.3, -0.25) is 9.59 Å². The maximum atomic E-state index is 11.9. The second kappa shape index (κ2) is 7.84. The highest BCUT2D eigenvalue weighted by atomic mass is 79.9. The van der Waals surface area contributed by atoms with Crippen molar-refractivity contribution in [1.82, 2.24) is 5.32 Å². The van der Waals surface area contributed by atoms with Crippen LogP contribution in [0.5, 0.6) is 0 Å². The van der Waals surface area contributed by atoms with E-state index in [0.717, 1.165) is 0 Å². The van der Waals surface area contributed by atoms with Crippen molar-refractivity contribution in [1.29, 1.82) is 0 Å². The molecular formula is C12H10BrN5O2. The van der Waals surface area contributed by atoms with Crippen LogP contribution in [0.3, 0.4) is 0 Å². The first-order chi connectivity index (χ1) is 9.62. The zero-order valence-corrected chi connectivity index (χ0v) is 11.8. The van der Waals surface area contributed by atoms with E-state index < -0.39 is 5.91 Å². The number of benzene rings is 1. The summed E-state index contributed by atoms with van der Waals surface area (Å²) in [6.45, 7) is 0.0520. The molecule has 1 aromatic carbocycles. The van der Waals surface area contributed by atoms with Gasteiger partial charge >= 0.3 is 0 Å². The molecule has 8 heteroatoms. The molecule has 0 atom stereocenters. The molecule has 0 spiro atoms. The highest BCUT2D eigenvalue weighted by Crippen LogP contribution is 2.23. The van der Waals surface area contributed by atoms with E-state index in [9.17, 15) is 9.59 Å². The number of alkyl halides is 1. The molecule has 7 nitrogen and oxygen atoms in total. The maximum absolute atomic E-state index is 11.9. The van der Waals surface area contributed by atoms with Gasteiger partial charge in [-0.05, 0) is 17.7 Å². The fourth-order valence-electron chi connectivity index (χ4n) is 1.35. The first-order valence-electron chi connectivity index (χ1n) is 5.39. The SMILES string of the molecule is C#CCNC(=O)c1cc(N=[N+]=[N-])ccc1NC(=O)CBr. The van der Waals surface area contributed by atoms with Crippen LogP contribution in [0.2, 0.25) is 0 Å². The van der Waals surface area contributed by atoms with Gasteiger partial charge in [-0.15, -0.1) is 6.42 Å². The Hall–Kier alpha value is -2.49. The van der Waals surface area contributed by atoms with E-state index in [1.165, 1.54) is 18.2 Å². The molecule has 0 fully saturated rings. The molecule has 102 valence electrons. The largest absolute Gasteiger partial charge is 0.341 e. The van der Waals surface area contributed by atoms with Crippen LogP contribution in [-0.2, 0) is 4.79 Å². The molecule has 2 N–H and O–H groups in total. The van der Waals surface area contributed by atoms with Gasteiger partial charge < -0.3 is 10.6 Å². The number of amides is 2. The number of carbonyl (C=O) groups excluding carboxylic acids is 2. The van der Waals surface area contributed by atoms with E-state index in [0.29, 0.717) is 5.69 Å². The van der Waals surface area contributed by atoms with Gasteiger partial charge in [0.25, 0.3) is 5.91 Å². The minimum Gasteiger partial charge on any atom is -0.341 e. The molecule has 2 amide bonds. The Morgan fingerprint density at radius 3 is 2.85 bits per heavy atom. The molecule has 0 saturated carbocycles. The monoisotopic (exact) mass is 335 g/mol. The summed E-state index contributed by atoms with van der Waals surface area (Å²) in [5.74, 6) is 1.49. The van der Waals surface area contributed by atoms with E-state index in [1.54, 1.807) is 0 Å². The molecule has 0 saturated heterocycles. The van der Waals surface area contributed by atoms with Gasteiger partial charge in [-0.1, -0.05) is 33.0 Å². The lowest BCUT2D eigenvalue weighted by atomic mass is 10.1. The number of terminal acetylenes is 1. The summed E-state index contributed by atoms with van der Waals surface area (Å²) in [6.07, 6.45) is 5.07. The van der Waals surface area contributed by atoms with Crippen LogP contribution in [0, 0.1) is 12.3 Å². The molecule has 1 aromatic rings. The van der Waals surface area contributed by atoms with E-state index in [4.69, 9.17) is 12.0 Å². The van der Waals surface area contributed by atoms with E-state index in [-0.39, 0.29) is 29.0 Å². The number of nitrogens with one attached hydrogen (secondary N) is 2. The molecule has 0 aromatic heterocycles. The van der Waals surface area contributed by atoms with Crippen molar-refractivity contribution >= 4 is 39.1 Å². The summed E-state index contributed by atoms with van der Waals surface area (Å²) < 4.78 is 0. The molecule has 1 rings (SSSR count). The van der Waals surface area contributed by atoms with Crippen LogP contribution in [0.25, 0.3) is 10.4 Å². The summed E-state index contributed by atoms with van der Waals surface area (Å²) in [5, 5.41) is 8.53. The number of halogens is 1. The fourth-order valence-corrected chi connectivity index (χ4v) is 1.49. The minimum absolute atomic E-state index is 0.0520. The zero-order valence-electron chi connectivity index (χ0n) is 10.3. The van der Waals surface area contributed by atoms with Gasteiger partial charge in [0.1, 0.15) is 0 Å². The lowest BCUT2D eigenvalue weighted by Gasteiger charge is -2.10. The number of azide groups is 1. The van der Waals surface area contributed by atoms with Gasteiger partial charge in [0.15, 0.2) is 0 Å². The summed E-state index contributed by atoms with van der Waals surface area (Å²) in [6, 6.07) is 4.34. The minimum atomic E-state index is -0.470. The van der Waals surface area contributed by atoms with Crippen molar-refractivity contribution in [2.24, 2.45) is 5.11 Å². The van der Waals surface area contributed by atoms with Gasteiger partial charge in [-0.25, -0.2) is 0 Å². The number of anilines is 1. The molecular weight excluding hydrogens is 326 g/mol. The van der Waals surface area contributed by atoms with E-state index in [2.05, 4.69) is 42.5 Å². The van der Waals surface area contributed by atoms with Crippen LogP contribution >= 0.6 is 15.9 Å². The molecule has 0 aliphatic heterocycles. The molecule has 0 aliphatic rings. The summed E-state index contributed by atoms with van der Waals surface area (Å²) in [7, 11) is 0. The Bertz CT molecular complexity index is 617. The Balaban J connectivity index is 3.15. The van der Waals surface area contributed by atoms with Gasteiger partial charge in [0, 0.05) is 10.6 Å². The van der Waals surface area contributed by atoms with Crippen molar-refractivity contribution in [3.63, 3.8) is 0 Å². The Morgan fingerprint density at radius 2 is 2.25 bits per heavy atom. The van der Waals surface area contributed by atoms with Crippen molar-refractivity contribution in [3.05, 3.63) is 34.2 Å². The van der Waals surface area contributed by atoms with Crippen molar-refractivity contribution in [2.45, 2.75) is 0 Å². The number of carbonyl (C=O) groups is 2. The lowest BCUT2D eigenvalue weighted by Crippen LogP contribution is -2.25. The Morgan fingerprint density at radius 1 is 1.50 bits per heavy atom. The average molecular weight is 336 g/mol. The second-order valence-corrected chi connectivity index (χ2v) is 4.05. The van der Waals surface area contributed by atoms with Crippen LogP contribution in [0.1, 0.15) is 10.4 Å². The molecule has 0 unspecified atom stereocenters. The summed E-state index contributed by atoms with van der Waals surface area (Å²) in [5.41, 5.74) is 9.13. The number of hydrogen-bond donors (Lipinski definition) is 2. The first kappa shape index (κ1) is 15.6. The third-order valence-corrected chi connectivity index (χ3v) is 2.66. The highest BCUT2D eigenvalue weighted by Gasteiger charge is 2.13. The number of rotatable bonds is 5. The number of nitrogens with zero attached hydrogens (tertiary/aromatic N) is 3. The van der Waals surface area contributed by atoms with Crippen LogP contribution in [0.15, 0.2) is 23.3 Å². The highest BCUT2D eigenvalue weighted by molar-refractivity contribution is 9.09. The molecule has 0 heterocycles. The standard InChI is InChI=1S/C12H10BrN5O2/c1-2-5-15-12(20)9-6-8(17-18-14)3-4-10(9)16-11(19)7-13/h1,3-4,6H,5,7H2,(H,15,20)(H,16,19). The molecule has 0 aliphatic carbocycles. The Labute approximate surface area is 123 Å². The van der Waals surface area contributed by atoms with Crippen molar-refractivity contribution < 1.29 is 9.59 Å². The summed E-state index contributed by atoms with van der Waals surface area (Å²) in [4.78, 5) is 26.0. The predicted molar refractivity (Wildman–Crippen MR) is 78.8 cm³/mol. The third kappa shape index (κ3) is 4.31. The van der Waals surface area contributed by atoms with Gasteiger partial charge in [0.2, 0.25) is 5.91 Å². The molecule has 0 radical (unpaired) electrons. The summed E-state index contributed by atoms with van der Waals surface area (Å²) >= 11 is 3.01.